The van der Waals surface area contributed by atoms with Crippen molar-refractivity contribution in [1.82, 2.24) is 20.7 Å². The lowest BCUT2D eigenvalue weighted by Crippen LogP contribution is -2.47. The van der Waals surface area contributed by atoms with E-state index in [2.05, 4.69) is 76.7 Å². The predicted molar refractivity (Wildman–Crippen MR) is 143 cm³/mol. The van der Waals surface area contributed by atoms with E-state index in [0.29, 0.717) is 6.54 Å². The highest BCUT2D eigenvalue weighted by Crippen LogP contribution is 2.17. The van der Waals surface area contributed by atoms with Gasteiger partial charge in [-0.15, -0.1) is 24.0 Å². The van der Waals surface area contributed by atoms with Gasteiger partial charge in [0.05, 0.1) is 12.2 Å². The summed E-state index contributed by atoms with van der Waals surface area (Å²) in [5.41, 5.74) is 3.49. The third kappa shape index (κ3) is 7.65. The molecule has 0 saturated carbocycles. The summed E-state index contributed by atoms with van der Waals surface area (Å²) in [5.74, 6) is 1.81. The minimum absolute atomic E-state index is 0. The van der Waals surface area contributed by atoms with Crippen LogP contribution in [0, 0.1) is 0 Å². The summed E-state index contributed by atoms with van der Waals surface area (Å²) in [4.78, 5) is 9.81. The zero-order chi connectivity index (χ0) is 21.9. The Morgan fingerprint density at radius 2 is 1.78 bits per heavy atom. The first kappa shape index (κ1) is 26.4. The van der Waals surface area contributed by atoms with Crippen LogP contribution in [0.1, 0.15) is 44.2 Å². The Hall–Kier alpha value is -1.81. The fourth-order valence-electron chi connectivity index (χ4n) is 3.99. The predicted octanol–water partition coefficient (Wildman–Crippen LogP) is 3.68. The number of guanidine groups is 1. The molecule has 32 heavy (non-hydrogen) atoms. The van der Waals surface area contributed by atoms with Gasteiger partial charge in [-0.3, -0.25) is 4.90 Å². The summed E-state index contributed by atoms with van der Waals surface area (Å²) in [6.07, 6.45) is 2.82. The van der Waals surface area contributed by atoms with Crippen molar-refractivity contribution in [1.29, 1.82) is 0 Å². The fraction of sp³-hybridized carbons (Fsp3) is 0.583. The van der Waals surface area contributed by atoms with E-state index in [4.69, 9.17) is 9.52 Å². The summed E-state index contributed by atoms with van der Waals surface area (Å²) in [5, 5.41) is 11.0. The first-order valence-electron chi connectivity index (χ1n) is 11.8. The van der Waals surface area contributed by atoms with Crippen LogP contribution in [0.25, 0.3) is 0 Å². The molecule has 2 heterocycles. The molecule has 1 aromatic carbocycles. The number of aliphatic imine (C=N–C) groups is 1. The van der Waals surface area contributed by atoms with Gasteiger partial charge >= 0.3 is 0 Å². The van der Waals surface area contributed by atoms with E-state index in [-0.39, 0.29) is 24.0 Å². The van der Waals surface area contributed by atoms with Crippen molar-refractivity contribution in [2.45, 2.75) is 46.6 Å². The molecule has 178 valence electrons. The number of benzene rings is 1. The third-order valence-corrected chi connectivity index (χ3v) is 5.78. The standard InChI is InChI=1S/C24H38N6O.HI/c1-4-22-21(23(5-2)31-28-22)19-27-24(25-6-3)26-13-10-14-29-15-17-30(18-16-29)20-11-8-7-9-12-20;/h7-9,11-12H,4-6,10,13-19H2,1-3H3,(H2,25,26,27);1H. The number of para-hydroxylation sites is 1. The van der Waals surface area contributed by atoms with E-state index in [1.165, 1.54) is 5.69 Å². The lowest BCUT2D eigenvalue weighted by Gasteiger charge is -2.36. The average molecular weight is 555 g/mol. The van der Waals surface area contributed by atoms with Gasteiger partial charge in [0.1, 0.15) is 5.76 Å². The van der Waals surface area contributed by atoms with Gasteiger partial charge in [0.2, 0.25) is 0 Å². The normalized spacial score (nSPS) is 14.8. The van der Waals surface area contributed by atoms with Gasteiger partial charge in [-0.2, -0.15) is 0 Å². The number of hydrogen-bond acceptors (Lipinski definition) is 5. The molecule has 1 aliphatic rings. The van der Waals surface area contributed by atoms with Crippen LogP contribution in [0.4, 0.5) is 5.69 Å². The molecule has 1 aromatic heterocycles. The molecule has 2 N–H and O–H groups in total. The summed E-state index contributed by atoms with van der Waals surface area (Å²) in [7, 11) is 0. The van der Waals surface area contributed by atoms with Crippen LogP contribution in [-0.4, -0.2) is 61.8 Å². The summed E-state index contributed by atoms with van der Waals surface area (Å²) < 4.78 is 5.46. The molecule has 0 unspecified atom stereocenters. The van der Waals surface area contributed by atoms with Crippen molar-refractivity contribution >= 4 is 35.6 Å². The van der Waals surface area contributed by atoms with E-state index >= 15 is 0 Å². The molecule has 2 aromatic rings. The van der Waals surface area contributed by atoms with Crippen LogP contribution in [0.2, 0.25) is 0 Å². The van der Waals surface area contributed by atoms with E-state index in [0.717, 1.165) is 88.1 Å². The summed E-state index contributed by atoms with van der Waals surface area (Å²) in [6.45, 7) is 14.2. The largest absolute Gasteiger partial charge is 0.369 e. The molecule has 0 amide bonds. The van der Waals surface area contributed by atoms with Gasteiger partial charge in [-0.1, -0.05) is 37.2 Å². The molecule has 0 atom stereocenters. The van der Waals surface area contributed by atoms with Gasteiger partial charge < -0.3 is 20.1 Å². The maximum Gasteiger partial charge on any atom is 0.191 e. The van der Waals surface area contributed by atoms with Gasteiger partial charge in [0.25, 0.3) is 0 Å². The molecule has 1 fully saturated rings. The quantitative estimate of drug-likeness (QED) is 0.202. The molecule has 0 bridgehead atoms. The number of halogens is 1. The lowest BCUT2D eigenvalue weighted by molar-refractivity contribution is 0.255. The maximum atomic E-state index is 5.46. The molecule has 3 rings (SSSR count). The van der Waals surface area contributed by atoms with Crippen LogP contribution >= 0.6 is 24.0 Å². The Morgan fingerprint density at radius 1 is 1.03 bits per heavy atom. The number of nitrogens with zero attached hydrogens (tertiary/aromatic N) is 4. The minimum Gasteiger partial charge on any atom is -0.369 e. The maximum absolute atomic E-state index is 5.46. The molecule has 7 nitrogen and oxygen atoms in total. The van der Waals surface area contributed by atoms with Crippen molar-refractivity contribution in [3.8, 4) is 0 Å². The van der Waals surface area contributed by atoms with Gasteiger partial charge in [0.15, 0.2) is 5.96 Å². The zero-order valence-corrected chi connectivity index (χ0v) is 22.1. The highest BCUT2D eigenvalue weighted by molar-refractivity contribution is 14.0. The van der Waals surface area contributed by atoms with Crippen molar-refractivity contribution in [3.05, 3.63) is 47.3 Å². The van der Waals surface area contributed by atoms with Crippen LogP contribution in [0.5, 0.6) is 0 Å². The Balaban J connectivity index is 0.00000363. The topological polar surface area (TPSA) is 68.9 Å². The van der Waals surface area contributed by atoms with E-state index < -0.39 is 0 Å². The van der Waals surface area contributed by atoms with E-state index in [9.17, 15) is 0 Å². The van der Waals surface area contributed by atoms with Gasteiger partial charge in [-0.05, 0) is 38.4 Å². The Morgan fingerprint density at radius 3 is 2.44 bits per heavy atom. The SMILES string of the molecule is CCNC(=NCc1c(CC)noc1CC)NCCCN1CCN(c2ccccc2)CC1.I. The summed E-state index contributed by atoms with van der Waals surface area (Å²) in [6, 6.07) is 10.7. The number of aryl methyl sites for hydroxylation is 2. The number of rotatable bonds is 10. The number of anilines is 1. The minimum atomic E-state index is 0. The number of aromatic nitrogens is 1. The number of nitrogens with one attached hydrogen (secondary N) is 2. The lowest BCUT2D eigenvalue weighted by atomic mass is 10.1. The van der Waals surface area contributed by atoms with Crippen LogP contribution < -0.4 is 15.5 Å². The van der Waals surface area contributed by atoms with E-state index in [1.807, 2.05) is 0 Å². The summed E-state index contributed by atoms with van der Waals surface area (Å²) >= 11 is 0. The Kier molecular flexibility index (Phi) is 11.9. The fourth-order valence-corrected chi connectivity index (χ4v) is 3.99. The second-order valence-electron chi connectivity index (χ2n) is 7.88. The highest BCUT2D eigenvalue weighted by atomic mass is 127. The van der Waals surface area contributed by atoms with E-state index in [1.54, 1.807) is 0 Å². The molecule has 0 spiro atoms. The molecule has 1 saturated heterocycles. The van der Waals surface area contributed by atoms with Crippen LogP contribution in [0.3, 0.4) is 0 Å². The second-order valence-corrected chi connectivity index (χ2v) is 7.88. The average Bonchev–Trinajstić information content (AvgIpc) is 3.23. The molecule has 0 aliphatic carbocycles. The van der Waals surface area contributed by atoms with Gasteiger partial charge in [0, 0.05) is 56.9 Å². The molecule has 0 radical (unpaired) electrons. The highest BCUT2D eigenvalue weighted by Gasteiger charge is 2.16. The molecule has 8 heteroatoms. The van der Waals surface area contributed by atoms with Crippen molar-refractivity contribution < 1.29 is 4.52 Å². The number of piperazine rings is 1. The second kappa shape index (κ2) is 14.4. The van der Waals surface area contributed by atoms with Crippen molar-refractivity contribution in [2.24, 2.45) is 4.99 Å². The molecular weight excluding hydrogens is 515 g/mol. The Bertz CT molecular complexity index is 781. The Labute approximate surface area is 210 Å². The zero-order valence-electron chi connectivity index (χ0n) is 19.8. The van der Waals surface area contributed by atoms with Crippen LogP contribution in [-0.2, 0) is 19.4 Å². The number of hydrogen-bond donors (Lipinski definition) is 2. The van der Waals surface area contributed by atoms with Crippen molar-refractivity contribution in [2.75, 3.05) is 50.7 Å². The molecule has 1 aliphatic heterocycles. The third-order valence-electron chi connectivity index (χ3n) is 5.78. The first-order valence-corrected chi connectivity index (χ1v) is 11.8. The van der Waals surface area contributed by atoms with Crippen LogP contribution in [0.15, 0.2) is 39.8 Å². The molecular formula is C24H39IN6O. The smallest absolute Gasteiger partial charge is 0.191 e. The monoisotopic (exact) mass is 554 g/mol. The first-order chi connectivity index (χ1) is 15.2. The van der Waals surface area contributed by atoms with Crippen molar-refractivity contribution in [3.63, 3.8) is 0 Å². The van der Waals surface area contributed by atoms with Gasteiger partial charge in [-0.25, -0.2) is 4.99 Å².